The minimum atomic E-state index is -4.39. The molecular formula is C15H21F3N2O. The fourth-order valence-electron chi connectivity index (χ4n) is 2.00. The molecule has 0 heterocycles. The molecule has 0 saturated carbocycles. The maximum atomic E-state index is 12.6. The molecule has 0 aliphatic heterocycles. The molecule has 0 aromatic heterocycles. The van der Waals surface area contributed by atoms with Crippen LogP contribution in [0.25, 0.3) is 0 Å². The summed E-state index contributed by atoms with van der Waals surface area (Å²) in [5.74, 6) is -0.586. The Morgan fingerprint density at radius 3 is 2.48 bits per heavy atom. The van der Waals surface area contributed by atoms with Gasteiger partial charge in [0.1, 0.15) is 6.54 Å². The van der Waals surface area contributed by atoms with Crippen LogP contribution in [-0.4, -0.2) is 36.6 Å². The van der Waals surface area contributed by atoms with Crippen molar-refractivity contribution in [2.45, 2.75) is 32.9 Å². The van der Waals surface area contributed by atoms with Crippen LogP contribution in [0.5, 0.6) is 0 Å². The molecule has 0 unspecified atom stereocenters. The summed E-state index contributed by atoms with van der Waals surface area (Å²) in [7, 11) is 0. The third-order valence-electron chi connectivity index (χ3n) is 2.96. The van der Waals surface area contributed by atoms with Crippen LogP contribution in [0, 0.1) is 0 Å². The first kappa shape index (κ1) is 17.3. The number of rotatable bonds is 7. The van der Waals surface area contributed by atoms with Crippen molar-refractivity contribution >= 4 is 11.6 Å². The van der Waals surface area contributed by atoms with Crippen LogP contribution >= 0.6 is 0 Å². The van der Waals surface area contributed by atoms with E-state index >= 15 is 0 Å². The summed E-state index contributed by atoms with van der Waals surface area (Å²) >= 11 is 0. The lowest BCUT2D eigenvalue weighted by Gasteiger charge is -2.25. The number of carbonyl (C=O) groups excluding carboxylic acids is 1. The Bertz CT molecular complexity index is 460. The van der Waals surface area contributed by atoms with Gasteiger partial charge in [0.05, 0.1) is 5.56 Å². The van der Waals surface area contributed by atoms with E-state index in [0.29, 0.717) is 18.7 Å². The third-order valence-corrected chi connectivity index (χ3v) is 2.96. The zero-order valence-electron chi connectivity index (χ0n) is 12.3. The molecule has 0 radical (unpaired) electrons. The van der Waals surface area contributed by atoms with E-state index in [-0.39, 0.29) is 12.1 Å². The second kappa shape index (κ2) is 7.90. The number of hydrogen-bond donors (Lipinski definition) is 1. The molecule has 3 nitrogen and oxygen atoms in total. The normalized spacial score (nSPS) is 11.3. The van der Waals surface area contributed by atoms with Gasteiger partial charge in [-0.25, -0.2) is 0 Å². The van der Waals surface area contributed by atoms with Gasteiger partial charge in [0, 0.05) is 18.8 Å². The largest absolute Gasteiger partial charge is 0.406 e. The lowest BCUT2D eigenvalue weighted by molar-refractivity contribution is -0.140. The Morgan fingerprint density at radius 1 is 1.24 bits per heavy atom. The van der Waals surface area contributed by atoms with Crippen molar-refractivity contribution in [1.82, 2.24) is 4.90 Å². The molecule has 0 aliphatic rings. The first-order valence-corrected chi connectivity index (χ1v) is 7.08. The average Bonchev–Trinajstić information content (AvgIpc) is 2.42. The molecule has 0 saturated heterocycles. The molecule has 0 bridgehead atoms. The van der Waals surface area contributed by atoms with Crippen molar-refractivity contribution in [2.75, 3.05) is 25.0 Å². The number of alkyl halides is 3. The van der Waals surface area contributed by atoms with E-state index in [1.165, 1.54) is 0 Å². The zero-order valence-corrected chi connectivity index (χ0v) is 12.3. The number of carbonyl (C=O) groups is 1. The van der Waals surface area contributed by atoms with E-state index in [1.54, 1.807) is 24.3 Å². The van der Waals surface area contributed by atoms with Gasteiger partial charge in [0.2, 0.25) is 0 Å². The Labute approximate surface area is 123 Å². The lowest BCUT2D eigenvalue weighted by Crippen LogP contribution is -2.39. The van der Waals surface area contributed by atoms with Gasteiger partial charge in [-0.2, -0.15) is 13.2 Å². The van der Waals surface area contributed by atoms with Crippen LogP contribution in [-0.2, 0) is 0 Å². The van der Waals surface area contributed by atoms with E-state index in [0.717, 1.165) is 11.3 Å². The monoisotopic (exact) mass is 302 g/mol. The molecular weight excluding hydrogens is 281 g/mol. The second-order valence-corrected chi connectivity index (χ2v) is 4.77. The SMILES string of the molecule is CCCCN(CC(F)(F)F)C(=O)c1ccccc1NCC. The standard InChI is InChI=1S/C15H21F3N2O/c1-3-5-10-20(11-15(16,17)18)14(21)12-8-6-7-9-13(12)19-4-2/h6-9,19H,3-5,10-11H2,1-2H3. The number of amides is 1. The van der Waals surface area contributed by atoms with Crippen molar-refractivity contribution in [3.63, 3.8) is 0 Å². The summed E-state index contributed by atoms with van der Waals surface area (Å²) in [6.07, 6.45) is -3.11. The predicted octanol–water partition coefficient (Wildman–Crippen LogP) is 3.92. The summed E-state index contributed by atoms with van der Waals surface area (Å²) in [6, 6.07) is 6.65. The number of unbranched alkanes of at least 4 members (excludes halogenated alkanes) is 1. The van der Waals surface area contributed by atoms with Gasteiger partial charge < -0.3 is 10.2 Å². The molecule has 1 N–H and O–H groups in total. The summed E-state index contributed by atoms with van der Waals surface area (Å²) in [5, 5.41) is 3.00. The lowest BCUT2D eigenvalue weighted by atomic mass is 10.1. The number of nitrogens with one attached hydrogen (secondary N) is 1. The first-order chi connectivity index (χ1) is 9.89. The van der Waals surface area contributed by atoms with Gasteiger partial charge in [-0.15, -0.1) is 0 Å². The number of halogens is 3. The first-order valence-electron chi connectivity index (χ1n) is 7.08. The van der Waals surface area contributed by atoms with Crippen molar-refractivity contribution in [1.29, 1.82) is 0 Å². The maximum absolute atomic E-state index is 12.6. The Kier molecular flexibility index (Phi) is 6.52. The molecule has 118 valence electrons. The Balaban J connectivity index is 2.98. The van der Waals surface area contributed by atoms with E-state index < -0.39 is 18.6 Å². The van der Waals surface area contributed by atoms with Crippen LogP contribution in [0.4, 0.5) is 18.9 Å². The van der Waals surface area contributed by atoms with Gasteiger partial charge in [-0.1, -0.05) is 25.5 Å². The number of para-hydroxylation sites is 1. The highest BCUT2D eigenvalue weighted by Gasteiger charge is 2.33. The quantitative estimate of drug-likeness (QED) is 0.828. The van der Waals surface area contributed by atoms with Crippen LogP contribution in [0.1, 0.15) is 37.0 Å². The van der Waals surface area contributed by atoms with E-state index in [1.807, 2.05) is 13.8 Å². The smallest absolute Gasteiger partial charge is 0.385 e. The summed E-state index contributed by atoms with van der Waals surface area (Å²) in [4.78, 5) is 13.3. The highest BCUT2D eigenvalue weighted by Crippen LogP contribution is 2.22. The molecule has 0 fully saturated rings. The van der Waals surface area contributed by atoms with Gasteiger partial charge in [-0.05, 0) is 25.5 Å². The van der Waals surface area contributed by atoms with Crippen molar-refractivity contribution in [3.8, 4) is 0 Å². The maximum Gasteiger partial charge on any atom is 0.406 e. The summed E-state index contributed by atoms with van der Waals surface area (Å²) in [5.41, 5.74) is 0.841. The molecule has 6 heteroatoms. The van der Waals surface area contributed by atoms with Crippen molar-refractivity contribution < 1.29 is 18.0 Å². The molecule has 0 spiro atoms. The van der Waals surface area contributed by atoms with Gasteiger partial charge in [-0.3, -0.25) is 4.79 Å². The molecule has 1 amide bonds. The average molecular weight is 302 g/mol. The van der Waals surface area contributed by atoms with E-state index in [9.17, 15) is 18.0 Å². The van der Waals surface area contributed by atoms with Crippen molar-refractivity contribution in [3.05, 3.63) is 29.8 Å². The summed E-state index contributed by atoms with van der Waals surface area (Å²) < 4.78 is 37.9. The van der Waals surface area contributed by atoms with Crippen LogP contribution in [0.3, 0.4) is 0 Å². The Hall–Kier alpha value is -1.72. The van der Waals surface area contributed by atoms with E-state index in [2.05, 4.69) is 5.32 Å². The van der Waals surface area contributed by atoms with Gasteiger partial charge >= 0.3 is 6.18 Å². The minimum absolute atomic E-state index is 0.106. The minimum Gasteiger partial charge on any atom is -0.385 e. The fourth-order valence-corrected chi connectivity index (χ4v) is 2.00. The topological polar surface area (TPSA) is 32.3 Å². The number of hydrogen-bond acceptors (Lipinski definition) is 2. The van der Waals surface area contributed by atoms with Crippen LogP contribution < -0.4 is 5.32 Å². The zero-order chi connectivity index (χ0) is 15.9. The summed E-state index contributed by atoms with van der Waals surface area (Å²) in [6.45, 7) is 3.23. The third kappa shape index (κ3) is 5.65. The van der Waals surface area contributed by atoms with Crippen LogP contribution in [0.2, 0.25) is 0 Å². The molecule has 1 aromatic rings. The molecule has 21 heavy (non-hydrogen) atoms. The fraction of sp³-hybridized carbons (Fsp3) is 0.533. The molecule has 1 rings (SSSR count). The Morgan fingerprint density at radius 2 is 1.90 bits per heavy atom. The number of anilines is 1. The molecule has 1 aromatic carbocycles. The van der Waals surface area contributed by atoms with E-state index in [4.69, 9.17) is 0 Å². The van der Waals surface area contributed by atoms with Gasteiger partial charge in [0.15, 0.2) is 0 Å². The molecule has 0 aliphatic carbocycles. The number of benzene rings is 1. The van der Waals surface area contributed by atoms with Gasteiger partial charge in [0.25, 0.3) is 5.91 Å². The second-order valence-electron chi connectivity index (χ2n) is 4.77. The van der Waals surface area contributed by atoms with Crippen molar-refractivity contribution in [2.24, 2.45) is 0 Å². The predicted molar refractivity (Wildman–Crippen MR) is 77.5 cm³/mol. The van der Waals surface area contributed by atoms with Crippen LogP contribution in [0.15, 0.2) is 24.3 Å². The molecule has 0 atom stereocenters. The highest BCUT2D eigenvalue weighted by molar-refractivity contribution is 5.99. The highest BCUT2D eigenvalue weighted by atomic mass is 19.4. The number of nitrogens with zero attached hydrogens (tertiary/aromatic N) is 1.